The van der Waals surface area contributed by atoms with E-state index in [2.05, 4.69) is 69.4 Å². The third-order valence-corrected chi connectivity index (χ3v) is 12.6. The van der Waals surface area contributed by atoms with Crippen molar-refractivity contribution in [1.82, 2.24) is 0 Å². The van der Waals surface area contributed by atoms with Crippen molar-refractivity contribution < 1.29 is 52.2 Å². The summed E-state index contributed by atoms with van der Waals surface area (Å²) < 4.78 is 39.4. The molecule has 0 aliphatic carbocycles. The van der Waals surface area contributed by atoms with Crippen LogP contribution < -0.4 is 0 Å². The number of rotatable bonds is 51. The van der Waals surface area contributed by atoms with Crippen LogP contribution >= 0.6 is 7.82 Å². The fourth-order valence-corrected chi connectivity index (χ4v) is 8.22. The average molecular weight is 981 g/mol. The molecule has 0 radical (unpaired) electrons. The van der Waals surface area contributed by atoms with Crippen LogP contribution in [0.3, 0.4) is 0 Å². The lowest BCUT2D eigenvalue weighted by Crippen LogP contribution is -2.30. The van der Waals surface area contributed by atoms with Gasteiger partial charge in [0.25, 0.3) is 0 Å². The van der Waals surface area contributed by atoms with Crippen LogP contribution in [0.4, 0.5) is 0 Å². The number of allylic oxidation sites excluding steroid dienone is 8. The maximum absolute atomic E-state index is 12.9. The summed E-state index contributed by atoms with van der Waals surface area (Å²) in [4.78, 5) is 48.4. The number of unbranched alkanes of at least 4 members (excludes halogenated alkanes) is 26. The quantitative estimate of drug-likeness (QED) is 0.0197. The van der Waals surface area contributed by atoms with E-state index in [-0.39, 0.29) is 25.9 Å². The zero-order chi connectivity index (χ0) is 49.9. The van der Waals surface area contributed by atoms with E-state index in [1.54, 1.807) is 0 Å². The van der Waals surface area contributed by atoms with Gasteiger partial charge in [0.1, 0.15) is 12.7 Å². The normalized spacial score (nSPS) is 13.8. The van der Waals surface area contributed by atoms with Crippen molar-refractivity contribution in [2.75, 3.05) is 26.4 Å². The van der Waals surface area contributed by atoms with E-state index in [1.807, 2.05) is 0 Å². The highest BCUT2D eigenvalue weighted by atomic mass is 31.2. The second-order valence-corrected chi connectivity index (χ2v) is 19.8. The van der Waals surface area contributed by atoms with Crippen molar-refractivity contribution in [3.05, 3.63) is 48.6 Å². The van der Waals surface area contributed by atoms with E-state index in [9.17, 15) is 28.9 Å². The van der Waals surface area contributed by atoms with Crippen LogP contribution in [0.5, 0.6) is 0 Å². The number of aliphatic hydroxyl groups is 1. The van der Waals surface area contributed by atoms with Crippen LogP contribution in [0.1, 0.15) is 252 Å². The highest BCUT2D eigenvalue weighted by Gasteiger charge is 2.28. The Balaban J connectivity index is 4.75. The van der Waals surface area contributed by atoms with Crippen LogP contribution in [-0.4, -0.2) is 66.5 Å². The molecule has 0 aliphatic rings. The van der Waals surface area contributed by atoms with Crippen LogP contribution in [-0.2, 0) is 42.2 Å². The van der Waals surface area contributed by atoms with Gasteiger partial charge in [0.2, 0.25) is 0 Å². The molecule has 0 spiro atoms. The van der Waals surface area contributed by atoms with Gasteiger partial charge in [-0.1, -0.05) is 179 Å². The summed E-state index contributed by atoms with van der Waals surface area (Å²) in [5, 5.41) is 9.78. The zero-order valence-corrected chi connectivity index (χ0v) is 44.5. The zero-order valence-electron chi connectivity index (χ0n) is 43.6. The molecule has 3 unspecified atom stereocenters. The number of esters is 3. The van der Waals surface area contributed by atoms with E-state index in [0.29, 0.717) is 19.3 Å². The van der Waals surface area contributed by atoms with Gasteiger partial charge in [-0.25, -0.2) is 4.57 Å². The number of hydrogen-bond donors (Lipinski definition) is 2. The lowest BCUT2D eigenvalue weighted by atomic mass is 10.1. The van der Waals surface area contributed by atoms with E-state index in [4.69, 9.17) is 23.3 Å². The topological polar surface area (TPSA) is 155 Å². The van der Waals surface area contributed by atoms with Gasteiger partial charge in [-0.2, -0.15) is 0 Å². The summed E-state index contributed by atoms with van der Waals surface area (Å²) in [5.41, 5.74) is 0. The number of aliphatic hydroxyl groups excluding tert-OH is 1. The third-order valence-electron chi connectivity index (χ3n) is 11.7. The van der Waals surface area contributed by atoms with Gasteiger partial charge >= 0.3 is 25.7 Å². The Morgan fingerprint density at radius 2 is 0.721 bits per heavy atom. The standard InChI is InChI=1S/C56H101O11P/c1-4-7-10-13-16-19-22-25-26-29-30-33-36-39-42-45-54(58)63-49-53(67-56(60)47-44-41-38-35-32-28-24-21-18-15-12-9-6-3)51-65-68(61,62)64-50-52(48-57)66-55(59)46-43-40-37-34-31-27-23-20-17-14-11-8-5-2/h16,19-21,23-26,52-53,57H,4-15,17-18,22,27-51H2,1-3H3,(H,61,62)/b19-16-,23-20-,24-21-,26-25-. The fraction of sp³-hybridized carbons (Fsp3) is 0.804. The van der Waals surface area contributed by atoms with Gasteiger partial charge in [-0.05, 0) is 103 Å². The number of phosphoric acid groups is 1. The van der Waals surface area contributed by atoms with Crippen molar-refractivity contribution in [1.29, 1.82) is 0 Å². The van der Waals surface area contributed by atoms with Gasteiger partial charge < -0.3 is 24.2 Å². The summed E-state index contributed by atoms with van der Waals surface area (Å²) >= 11 is 0. The van der Waals surface area contributed by atoms with Gasteiger partial charge in [0, 0.05) is 19.3 Å². The molecule has 0 aromatic heterocycles. The first-order chi connectivity index (χ1) is 33.2. The molecule has 396 valence electrons. The summed E-state index contributed by atoms with van der Waals surface area (Å²) in [6.45, 7) is 4.56. The van der Waals surface area contributed by atoms with Crippen molar-refractivity contribution in [3.8, 4) is 0 Å². The van der Waals surface area contributed by atoms with E-state index in [1.165, 1.54) is 70.6 Å². The first kappa shape index (κ1) is 65.4. The molecular weight excluding hydrogens is 880 g/mol. The largest absolute Gasteiger partial charge is 0.472 e. The van der Waals surface area contributed by atoms with Crippen molar-refractivity contribution in [2.45, 2.75) is 264 Å². The molecule has 0 saturated carbocycles. The minimum atomic E-state index is -4.75. The molecule has 2 N–H and O–H groups in total. The molecule has 12 heteroatoms. The molecular formula is C56H101O11P. The molecule has 0 rings (SSSR count). The maximum Gasteiger partial charge on any atom is 0.472 e. The van der Waals surface area contributed by atoms with Crippen molar-refractivity contribution in [3.63, 3.8) is 0 Å². The number of phosphoric ester groups is 1. The SMILES string of the molecule is CCCCC/C=C\C/C=C\CCCCCCCC(=O)OCC(COP(=O)(O)OCC(CO)OC(=O)CCCCCCC/C=C\CCCCCC)OC(=O)CCCCCCC/C=C\CCCCCC. The van der Waals surface area contributed by atoms with Crippen LogP contribution in [0, 0.1) is 0 Å². The average Bonchev–Trinajstić information content (AvgIpc) is 3.32. The monoisotopic (exact) mass is 981 g/mol. The summed E-state index contributed by atoms with van der Waals surface area (Å²) in [7, 11) is -4.75. The third kappa shape index (κ3) is 48.5. The second kappa shape index (κ2) is 50.8. The predicted octanol–water partition coefficient (Wildman–Crippen LogP) is 15.8. The summed E-state index contributed by atoms with van der Waals surface area (Å²) in [6, 6.07) is 0. The highest BCUT2D eigenvalue weighted by Crippen LogP contribution is 2.43. The van der Waals surface area contributed by atoms with Gasteiger partial charge in [0.05, 0.1) is 19.8 Å². The Kier molecular flexibility index (Phi) is 48.9. The molecule has 0 aromatic carbocycles. The van der Waals surface area contributed by atoms with Crippen molar-refractivity contribution >= 4 is 25.7 Å². The Morgan fingerprint density at radius 3 is 1.13 bits per heavy atom. The number of ether oxygens (including phenoxy) is 3. The maximum atomic E-state index is 12.9. The predicted molar refractivity (Wildman–Crippen MR) is 279 cm³/mol. The van der Waals surface area contributed by atoms with Crippen LogP contribution in [0.2, 0.25) is 0 Å². The van der Waals surface area contributed by atoms with Gasteiger partial charge in [-0.3, -0.25) is 23.4 Å². The Labute approximate surface area is 415 Å². The summed E-state index contributed by atoms with van der Waals surface area (Å²) in [6.07, 6.45) is 52.1. The lowest BCUT2D eigenvalue weighted by molar-refractivity contribution is -0.161. The molecule has 0 fully saturated rings. The van der Waals surface area contributed by atoms with Gasteiger partial charge in [0.15, 0.2) is 6.10 Å². The van der Waals surface area contributed by atoms with E-state index in [0.717, 1.165) is 122 Å². The Bertz CT molecular complexity index is 1330. The van der Waals surface area contributed by atoms with E-state index >= 15 is 0 Å². The number of hydrogen-bond acceptors (Lipinski definition) is 10. The Morgan fingerprint density at radius 1 is 0.412 bits per heavy atom. The summed E-state index contributed by atoms with van der Waals surface area (Å²) in [5.74, 6) is -1.49. The number of carbonyl (C=O) groups is 3. The minimum absolute atomic E-state index is 0.155. The fourth-order valence-electron chi connectivity index (χ4n) is 7.43. The van der Waals surface area contributed by atoms with Crippen LogP contribution in [0.25, 0.3) is 0 Å². The van der Waals surface area contributed by atoms with E-state index < -0.39 is 57.8 Å². The first-order valence-electron chi connectivity index (χ1n) is 27.5. The number of carbonyl (C=O) groups excluding carboxylic acids is 3. The molecule has 68 heavy (non-hydrogen) atoms. The molecule has 11 nitrogen and oxygen atoms in total. The van der Waals surface area contributed by atoms with Crippen molar-refractivity contribution in [2.24, 2.45) is 0 Å². The minimum Gasteiger partial charge on any atom is -0.462 e. The molecule has 3 atom stereocenters. The Hall–Kier alpha value is -2.56. The molecule has 0 saturated heterocycles. The molecule has 0 amide bonds. The molecule has 0 aliphatic heterocycles. The lowest BCUT2D eigenvalue weighted by Gasteiger charge is -2.21. The second-order valence-electron chi connectivity index (χ2n) is 18.4. The van der Waals surface area contributed by atoms with Gasteiger partial charge in [-0.15, -0.1) is 0 Å². The molecule has 0 heterocycles. The van der Waals surface area contributed by atoms with Crippen LogP contribution in [0.15, 0.2) is 48.6 Å². The smallest absolute Gasteiger partial charge is 0.462 e. The molecule has 0 bridgehead atoms. The first-order valence-corrected chi connectivity index (χ1v) is 29.0. The highest BCUT2D eigenvalue weighted by molar-refractivity contribution is 7.47. The molecule has 0 aromatic rings.